The number of esters is 3. The van der Waals surface area contributed by atoms with Crippen molar-refractivity contribution in [1.82, 2.24) is 0 Å². The third kappa shape index (κ3) is 28.8. The zero-order valence-corrected chi connectivity index (χ0v) is 22.5. The Morgan fingerprint density at radius 2 is 1.47 bits per heavy atom. The van der Waals surface area contributed by atoms with E-state index in [2.05, 4.69) is 44.9 Å². The van der Waals surface area contributed by atoms with Crippen molar-refractivity contribution in [1.29, 1.82) is 0 Å². The van der Waals surface area contributed by atoms with Crippen LogP contribution in [0.3, 0.4) is 0 Å². The first-order valence-corrected chi connectivity index (χ1v) is 11.8. The molecule has 0 radical (unpaired) electrons. The van der Waals surface area contributed by atoms with Crippen LogP contribution in [0.25, 0.3) is 0 Å². The van der Waals surface area contributed by atoms with Crippen molar-refractivity contribution in [2.45, 2.75) is 66.4 Å². The topological polar surface area (TPSA) is 129 Å². The molecular weight excluding hydrogens is 468 g/mol. The molecule has 0 amide bonds. The number of hydrogen-bond acceptors (Lipinski definition) is 8. The maximum absolute atomic E-state index is 10.8. The van der Waals surface area contributed by atoms with E-state index in [1.165, 1.54) is 25.8 Å². The molecule has 9 nitrogen and oxygen atoms in total. The smallest absolute Gasteiger partial charge is 0.333 e. The van der Waals surface area contributed by atoms with Crippen LogP contribution in [0, 0.1) is 5.92 Å². The van der Waals surface area contributed by atoms with Gasteiger partial charge < -0.3 is 24.1 Å². The van der Waals surface area contributed by atoms with E-state index >= 15 is 0 Å². The van der Waals surface area contributed by atoms with E-state index in [1.54, 1.807) is 13.8 Å². The number of hydrogen-bond donors (Lipinski definition) is 1. The summed E-state index contributed by atoms with van der Waals surface area (Å²) >= 11 is 0. The van der Waals surface area contributed by atoms with Crippen LogP contribution < -0.4 is 0 Å². The van der Waals surface area contributed by atoms with Gasteiger partial charge in [-0.25, -0.2) is 19.2 Å². The number of carbonyl (C=O) groups excluding carboxylic acids is 3. The van der Waals surface area contributed by atoms with Crippen LogP contribution >= 0.6 is 0 Å². The van der Waals surface area contributed by atoms with Crippen LogP contribution in [-0.2, 0) is 38.1 Å². The number of aliphatic carboxylic acids is 1. The van der Waals surface area contributed by atoms with Gasteiger partial charge in [-0.1, -0.05) is 59.4 Å². The largest absolute Gasteiger partial charge is 0.478 e. The minimum Gasteiger partial charge on any atom is -0.478 e. The Bertz CT molecular complexity index is 694. The van der Waals surface area contributed by atoms with E-state index in [9.17, 15) is 19.2 Å². The van der Waals surface area contributed by atoms with Crippen LogP contribution in [0.1, 0.15) is 60.3 Å². The van der Waals surface area contributed by atoms with Crippen LogP contribution in [0.5, 0.6) is 0 Å². The quantitative estimate of drug-likeness (QED) is 0.160. The lowest BCUT2D eigenvalue weighted by molar-refractivity contribution is -0.140. The summed E-state index contributed by atoms with van der Waals surface area (Å²) < 4.78 is 19.0. The molecule has 1 rings (SSSR count). The maximum atomic E-state index is 10.8. The number of rotatable bonds is 13. The number of carboxylic acids is 1. The summed E-state index contributed by atoms with van der Waals surface area (Å²) in [5.41, 5.74) is 0.607. The fourth-order valence-electron chi connectivity index (χ4n) is 1.81. The van der Waals surface area contributed by atoms with Crippen molar-refractivity contribution < 1.29 is 43.2 Å². The van der Waals surface area contributed by atoms with Crippen molar-refractivity contribution >= 4 is 23.9 Å². The zero-order valence-electron chi connectivity index (χ0n) is 22.5. The summed E-state index contributed by atoms with van der Waals surface area (Å²) in [6.07, 6.45) is 7.14. The molecule has 0 aromatic carbocycles. The molecule has 206 valence electrons. The SMILES string of the molecule is C=C(C)C(=O)O.C=C(C)C(=O)OCC1CO1.C=CC(=O)OCC.C=CC(=O)OCC(CC)CCCC. The van der Waals surface area contributed by atoms with Crippen molar-refractivity contribution in [3.8, 4) is 0 Å². The summed E-state index contributed by atoms with van der Waals surface area (Å²) in [7, 11) is 0. The molecule has 1 aliphatic rings. The summed E-state index contributed by atoms with van der Waals surface area (Å²) in [5.74, 6) is -1.42. The zero-order chi connectivity index (χ0) is 28.5. The first-order chi connectivity index (χ1) is 16.9. The van der Waals surface area contributed by atoms with Gasteiger partial charge in [0.1, 0.15) is 12.7 Å². The van der Waals surface area contributed by atoms with Gasteiger partial charge in [0.25, 0.3) is 0 Å². The predicted molar refractivity (Wildman–Crippen MR) is 139 cm³/mol. The number of ether oxygens (including phenoxy) is 4. The summed E-state index contributed by atoms with van der Waals surface area (Å²) in [4.78, 5) is 41.1. The Labute approximate surface area is 215 Å². The standard InChI is InChI=1S/C11H20O2.C7H10O3.C5H8O2.C4H6O2/c1-4-7-8-10(5-2)9-13-11(12)6-3;1-5(2)7(8)10-4-6-3-9-6;1-3-5(6)7-4-2;1-3(2)4(5)6/h6,10H,3-5,7-9H2,1-2H3;6H,1,3-4H2,2H3;3H,1,4H2,2H3;1H2,2H3,(H,5,6). The lowest BCUT2D eigenvalue weighted by atomic mass is 10.0. The van der Waals surface area contributed by atoms with Crippen molar-refractivity contribution in [2.75, 3.05) is 26.4 Å². The molecule has 0 spiro atoms. The second kappa shape index (κ2) is 24.9. The van der Waals surface area contributed by atoms with Crippen LogP contribution in [0.15, 0.2) is 49.6 Å². The van der Waals surface area contributed by atoms with Crippen LogP contribution in [0.4, 0.5) is 0 Å². The number of epoxide rings is 1. The lowest BCUT2D eigenvalue weighted by Crippen LogP contribution is -2.12. The number of unbranched alkanes of at least 4 members (excludes halogenated alkanes) is 1. The van der Waals surface area contributed by atoms with Crippen LogP contribution in [-0.4, -0.2) is 61.5 Å². The highest BCUT2D eigenvalue weighted by molar-refractivity contribution is 5.87. The first-order valence-electron chi connectivity index (χ1n) is 11.8. The van der Waals surface area contributed by atoms with E-state index in [1.807, 2.05) is 0 Å². The summed E-state index contributed by atoms with van der Waals surface area (Å²) in [6.45, 7) is 24.3. The molecule has 2 unspecified atom stereocenters. The first kappa shape index (κ1) is 37.4. The molecule has 0 saturated carbocycles. The molecule has 2 atom stereocenters. The van der Waals surface area contributed by atoms with Gasteiger partial charge in [-0.15, -0.1) is 0 Å². The third-order valence-electron chi connectivity index (χ3n) is 4.14. The van der Waals surface area contributed by atoms with Gasteiger partial charge in [-0.05, 0) is 33.1 Å². The van der Waals surface area contributed by atoms with Crippen LogP contribution in [0.2, 0.25) is 0 Å². The molecule has 36 heavy (non-hydrogen) atoms. The number of carboxylic acid groups (broad SMARTS) is 1. The van der Waals surface area contributed by atoms with Crippen molar-refractivity contribution in [2.24, 2.45) is 5.92 Å². The van der Waals surface area contributed by atoms with E-state index < -0.39 is 5.97 Å². The highest BCUT2D eigenvalue weighted by Crippen LogP contribution is 2.12. The second-order valence-corrected chi connectivity index (χ2v) is 7.63. The minimum absolute atomic E-state index is 0.142. The number of carbonyl (C=O) groups is 4. The van der Waals surface area contributed by atoms with Crippen molar-refractivity contribution in [3.05, 3.63) is 49.6 Å². The third-order valence-corrected chi connectivity index (χ3v) is 4.14. The van der Waals surface area contributed by atoms with Gasteiger partial charge in [0.05, 0.1) is 19.8 Å². The fourth-order valence-corrected chi connectivity index (χ4v) is 1.81. The molecule has 1 heterocycles. The lowest BCUT2D eigenvalue weighted by Gasteiger charge is -2.13. The Kier molecular flexibility index (Phi) is 25.8. The van der Waals surface area contributed by atoms with E-state index in [-0.39, 0.29) is 29.6 Å². The normalized spacial score (nSPS) is 13.2. The molecule has 0 aromatic heterocycles. The van der Waals surface area contributed by atoms with Gasteiger partial charge in [0, 0.05) is 23.3 Å². The molecule has 1 fully saturated rings. The molecule has 0 aliphatic carbocycles. The Morgan fingerprint density at radius 1 is 0.972 bits per heavy atom. The van der Waals surface area contributed by atoms with E-state index in [0.29, 0.717) is 37.9 Å². The minimum atomic E-state index is -0.935. The molecule has 0 aromatic rings. The fraction of sp³-hybridized carbons (Fsp3) is 0.556. The van der Waals surface area contributed by atoms with E-state index in [0.717, 1.165) is 18.9 Å². The highest BCUT2D eigenvalue weighted by Gasteiger charge is 2.24. The van der Waals surface area contributed by atoms with Gasteiger partial charge in [0.2, 0.25) is 0 Å². The molecular formula is C27H44O9. The van der Waals surface area contributed by atoms with Gasteiger partial charge in [-0.2, -0.15) is 0 Å². The van der Waals surface area contributed by atoms with Gasteiger partial charge in [-0.3, -0.25) is 0 Å². The predicted octanol–water partition coefficient (Wildman–Crippen LogP) is 4.82. The van der Waals surface area contributed by atoms with E-state index in [4.69, 9.17) is 19.3 Å². The van der Waals surface area contributed by atoms with Gasteiger partial charge >= 0.3 is 23.9 Å². The summed E-state index contributed by atoms with van der Waals surface area (Å²) in [5, 5.41) is 7.89. The molecule has 0 bridgehead atoms. The molecule has 9 heteroatoms. The van der Waals surface area contributed by atoms with Crippen molar-refractivity contribution in [3.63, 3.8) is 0 Å². The average molecular weight is 513 g/mol. The summed E-state index contributed by atoms with van der Waals surface area (Å²) in [6, 6.07) is 0. The average Bonchev–Trinajstić information content (AvgIpc) is 3.68. The Morgan fingerprint density at radius 3 is 1.78 bits per heavy atom. The maximum Gasteiger partial charge on any atom is 0.333 e. The highest BCUT2D eigenvalue weighted by atomic mass is 16.6. The molecule has 1 aliphatic heterocycles. The monoisotopic (exact) mass is 512 g/mol. The molecule has 1 N–H and O–H groups in total. The Balaban J connectivity index is -0.000000422. The second-order valence-electron chi connectivity index (χ2n) is 7.63. The van der Waals surface area contributed by atoms with Gasteiger partial charge in [0.15, 0.2) is 0 Å². The molecule has 1 saturated heterocycles. The Hall–Kier alpha value is -3.20.